The van der Waals surface area contributed by atoms with E-state index in [1.165, 1.54) is 0 Å². The van der Waals surface area contributed by atoms with E-state index in [1.54, 1.807) is 25.4 Å². The first-order chi connectivity index (χ1) is 11.6. The number of rotatable bonds is 4. The van der Waals surface area contributed by atoms with Crippen LogP contribution in [0, 0.1) is 0 Å². The van der Waals surface area contributed by atoms with Crippen molar-refractivity contribution in [3.8, 4) is 5.75 Å². The van der Waals surface area contributed by atoms with Crippen molar-refractivity contribution in [3.63, 3.8) is 0 Å². The first kappa shape index (κ1) is 15.8. The minimum atomic E-state index is -0.182. The molecule has 0 saturated carbocycles. The molecule has 0 radical (unpaired) electrons. The third kappa shape index (κ3) is 3.15. The molecule has 0 atom stereocenters. The molecule has 1 amide bonds. The molecular weight excluding hydrogens is 302 g/mol. The molecule has 1 heterocycles. The summed E-state index contributed by atoms with van der Waals surface area (Å²) in [4.78, 5) is 19.0. The molecular formula is C19H19N3O2. The van der Waals surface area contributed by atoms with E-state index in [0.29, 0.717) is 17.0 Å². The van der Waals surface area contributed by atoms with Gasteiger partial charge in [0.2, 0.25) is 0 Å². The van der Waals surface area contributed by atoms with E-state index in [0.717, 1.165) is 16.6 Å². The largest absolute Gasteiger partial charge is 0.497 e. The molecule has 0 aliphatic heterocycles. The quantitative estimate of drug-likeness (QED) is 0.798. The molecule has 0 bridgehead atoms. The van der Waals surface area contributed by atoms with E-state index in [1.807, 2.05) is 55.4 Å². The fourth-order valence-corrected chi connectivity index (χ4v) is 2.50. The van der Waals surface area contributed by atoms with Gasteiger partial charge in [0.25, 0.3) is 5.91 Å². The molecule has 0 fully saturated rings. The average molecular weight is 321 g/mol. The zero-order valence-corrected chi connectivity index (χ0v) is 13.9. The molecule has 3 rings (SSSR count). The van der Waals surface area contributed by atoms with Crippen molar-refractivity contribution in [2.75, 3.05) is 31.4 Å². The molecule has 24 heavy (non-hydrogen) atoms. The topological polar surface area (TPSA) is 54.5 Å². The van der Waals surface area contributed by atoms with Gasteiger partial charge in [0, 0.05) is 43.0 Å². The van der Waals surface area contributed by atoms with Crippen LogP contribution in [0.4, 0.5) is 11.4 Å². The van der Waals surface area contributed by atoms with Crippen molar-refractivity contribution in [1.82, 2.24) is 4.98 Å². The Balaban J connectivity index is 1.97. The number of carbonyl (C=O) groups excluding carboxylic acids is 1. The molecule has 0 unspecified atom stereocenters. The first-order valence-corrected chi connectivity index (χ1v) is 7.60. The van der Waals surface area contributed by atoms with Crippen molar-refractivity contribution in [2.24, 2.45) is 0 Å². The summed E-state index contributed by atoms with van der Waals surface area (Å²) in [5.41, 5.74) is 2.92. The SMILES string of the molecule is COc1cc(NC(=O)c2cccc(N(C)C)c2)c2ncccc2c1. The smallest absolute Gasteiger partial charge is 0.255 e. The summed E-state index contributed by atoms with van der Waals surface area (Å²) in [6, 6.07) is 14.9. The Morgan fingerprint density at radius 3 is 2.71 bits per heavy atom. The summed E-state index contributed by atoms with van der Waals surface area (Å²) >= 11 is 0. The summed E-state index contributed by atoms with van der Waals surface area (Å²) in [5, 5.41) is 3.85. The molecule has 5 nitrogen and oxygen atoms in total. The Morgan fingerprint density at radius 1 is 1.12 bits per heavy atom. The number of hydrogen-bond acceptors (Lipinski definition) is 4. The van der Waals surface area contributed by atoms with Gasteiger partial charge >= 0.3 is 0 Å². The molecule has 1 N–H and O–H groups in total. The van der Waals surface area contributed by atoms with Crippen LogP contribution in [0.3, 0.4) is 0 Å². The van der Waals surface area contributed by atoms with E-state index in [2.05, 4.69) is 10.3 Å². The second-order valence-corrected chi connectivity index (χ2v) is 5.65. The van der Waals surface area contributed by atoms with Crippen molar-refractivity contribution in [3.05, 3.63) is 60.3 Å². The van der Waals surface area contributed by atoms with E-state index in [9.17, 15) is 4.79 Å². The first-order valence-electron chi connectivity index (χ1n) is 7.60. The lowest BCUT2D eigenvalue weighted by Gasteiger charge is -2.14. The average Bonchev–Trinajstić information content (AvgIpc) is 2.61. The third-order valence-electron chi connectivity index (χ3n) is 3.79. The highest BCUT2D eigenvalue weighted by Crippen LogP contribution is 2.28. The molecule has 0 aliphatic rings. The number of nitrogens with one attached hydrogen (secondary N) is 1. The summed E-state index contributed by atoms with van der Waals surface area (Å²) in [5.74, 6) is 0.492. The van der Waals surface area contributed by atoms with Crippen LogP contribution in [0.1, 0.15) is 10.4 Å². The van der Waals surface area contributed by atoms with Crippen LogP contribution in [-0.2, 0) is 0 Å². The van der Waals surface area contributed by atoms with Gasteiger partial charge in [0.05, 0.1) is 18.3 Å². The van der Waals surface area contributed by atoms with Crippen LogP contribution in [0.5, 0.6) is 5.75 Å². The number of ether oxygens (including phenoxy) is 1. The van der Waals surface area contributed by atoms with Gasteiger partial charge in [0.1, 0.15) is 5.75 Å². The summed E-state index contributed by atoms with van der Waals surface area (Å²) in [6.45, 7) is 0. The Kier molecular flexibility index (Phi) is 4.33. The summed E-state index contributed by atoms with van der Waals surface area (Å²) < 4.78 is 5.32. The fourth-order valence-electron chi connectivity index (χ4n) is 2.50. The number of aromatic nitrogens is 1. The Hall–Kier alpha value is -3.08. The summed E-state index contributed by atoms with van der Waals surface area (Å²) in [6.07, 6.45) is 1.71. The molecule has 5 heteroatoms. The maximum atomic E-state index is 12.6. The van der Waals surface area contributed by atoms with E-state index in [-0.39, 0.29) is 5.91 Å². The summed E-state index contributed by atoms with van der Waals surface area (Å²) in [7, 11) is 5.48. The molecule has 3 aromatic rings. The predicted molar refractivity (Wildman–Crippen MR) is 97.0 cm³/mol. The van der Waals surface area contributed by atoms with Crippen LogP contribution in [0.15, 0.2) is 54.7 Å². The lowest BCUT2D eigenvalue weighted by Crippen LogP contribution is -2.14. The molecule has 0 saturated heterocycles. The van der Waals surface area contributed by atoms with Gasteiger partial charge in [-0.1, -0.05) is 12.1 Å². The standard InChI is InChI=1S/C19H19N3O2/c1-22(2)15-8-4-6-14(10-15)19(23)21-17-12-16(24-3)11-13-7-5-9-20-18(13)17/h4-12H,1-3H3,(H,21,23). The molecule has 0 spiro atoms. The maximum absolute atomic E-state index is 12.6. The monoisotopic (exact) mass is 321 g/mol. The van der Waals surface area contributed by atoms with E-state index in [4.69, 9.17) is 4.74 Å². The molecule has 2 aromatic carbocycles. The zero-order valence-electron chi connectivity index (χ0n) is 13.9. The number of hydrogen-bond donors (Lipinski definition) is 1. The van der Waals surface area contributed by atoms with Crippen LogP contribution in [0.2, 0.25) is 0 Å². The number of benzene rings is 2. The van der Waals surface area contributed by atoms with Crippen LogP contribution in [-0.4, -0.2) is 32.1 Å². The van der Waals surface area contributed by atoms with Gasteiger partial charge in [0.15, 0.2) is 0 Å². The van der Waals surface area contributed by atoms with Gasteiger partial charge in [-0.25, -0.2) is 0 Å². The minimum Gasteiger partial charge on any atom is -0.497 e. The van der Waals surface area contributed by atoms with Crippen molar-refractivity contribution < 1.29 is 9.53 Å². The number of carbonyl (C=O) groups is 1. The zero-order chi connectivity index (χ0) is 17.1. The highest BCUT2D eigenvalue weighted by Gasteiger charge is 2.12. The molecule has 0 aliphatic carbocycles. The van der Waals surface area contributed by atoms with Gasteiger partial charge in [-0.05, 0) is 30.3 Å². The second kappa shape index (κ2) is 6.58. The highest BCUT2D eigenvalue weighted by molar-refractivity contribution is 6.09. The number of nitrogens with zero attached hydrogens (tertiary/aromatic N) is 2. The van der Waals surface area contributed by atoms with E-state index >= 15 is 0 Å². The van der Waals surface area contributed by atoms with Gasteiger partial charge in [-0.3, -0.25) is 9.78 Å². The Morgan fingerprint density at radius 2 is 1.96 bits per heavy atom. The normalized spacial score (nSPS) is 10.5. The minimum absolute atomic E-state index is 0.182. The Labute approximate surface area is 140 Å². The van der Waals surface area contributed by atoms with Crippen molar-refractivity contribution in [1.29, 1.82) is 0 Å². The number of amides is 1. The maximum Gasteiger partial charge on any atom is 0.255 e. The Bertz CT molecular complexity index is 891. The van der Waals surface area contributed by atoms with Crippen molar-refractivity contribution in [2.45, 2.75) is 0 Å². The lowest BCUT2D eigenvalue weighted by atomic mass is 10.1. The molecule has 122 valence electrons. The third-order valence-corrected chi connectivity index (χ3v) is 3.79. The fraction of sp³-hybridized carbons (Fsp3) is 0.158. The predicted octanol–water partition coefficient (Wildman–Crippen LogP) is 3.56. The van der Waals surface area contributed by atoms with Crippen molar-refractivity contribution >= 4 is 28.2 Å². The lowest BCUT2D eigenvalue weighted by molar-refractivity contribution is 0.102. The highest BCUT2D eigenvalue weighted by atomic mass is 16.5. The van der Waals surface area contributed by atoms with Crippen LogP contribution >= 0.6 is 0 Å². The van der Waals surface area contributed by atoms with E-state index < -0.39 is 0 Å². The number of anilines is 2. The molecule has 1 aromatic heterocycles. The number of pyridine rings is 1. The van der Waals surface area contributed by atoms with Gasteiger partial charge < -0.3 is 15.0 Å². The van der Waals surface area contributed by atoms with Crippen LogP contribution < -0.4 is 15.0 Å². The van der Waals surface area contributed by atoms with Gasteiger partial charge in [-0.15, -0.1) is 0 Å². The van der Waals surface area contributed by atoms with Gasteiger partial charge in [-0.2, -0.15) is 0 Å². The number of fused-ring (bicyclic) bond motifs is 1. The second-order valence-electron chi connectivity index (χ2n) is 5.65. The number of methoxy groups -OCH3 is 1. The van der Waals surface area contributed by atoms with Crippen LogP contribution in [0.25, 0.3) is 10.9 Å².